The Bertz CT molecular complexity index is 607. The molecule has 2 heterocycles. The third-order valence-electron chi connectivity index (χ3n) is 4.35. The minimum atomic E-state index is -3.18. The first-order valence-corrected chi connectivity index (χ1v) is 9.18. The van der Waals surface area contributed by atoms with Gasteiger partial charge < -0.3 is 4.74 Å². The van der Waals surface area contributed by atoms with Gasteiger partial charge in [-0.1, -0.05) is 0 Å². The number of rotatable bonds is 6. The fourth-order valence-electron chi connectivity index (χ4n) is 2.92. The molecule has 0 N–H and O–H groups in total. The molecule has 0 saturated heterocycles. The third kappa shape index (κ3) is 3.14. The van der Waals surface area contributed by atoms with Gasteiger partial charge in [0, 0.05) is 43.9 Å². The fourth-order valence-corrected chi connectivity index (χ4v) is 4.02. The number of aryl methyl sites for hydroxylation is 1. The molecule has 0 bridgehead atoms. The van der Waals surface area contributed by atoms with Crippen molar-refractivity contribution in [3.8, 4) is 0 Å². The first-order chi connectivity index (χ1) is 10.0. The number of nitrogens with zero attached hydrogens (tertiary/aromatic N) is 3. The van der Waals surface area contributed by atoms with Gasteiger partial charge in [0.05, 0.1) is 18.6 Å². The Morgan fingerprint density at radius 2 is 2.14 bits per heavy atom. The van der Waals surface area contributed by atoms with Gasteiger partial charge in [-0.2, -0.15) is 9.40 Å². The second-order valence-electron chi connectivity index (χ2n) is 6.05. The molecule has 0 amide bonds. The SMILES string of the molecule is CCS(=O)(=O)N1Cc2cnn(C)c2[C@H](COCC2CC2)C1. The highest BCUT2D eigenvalue weighted by Gasteiger charge is 2.34. The van der Waals surface area contributed by atoms with Gasteiger partial charge >= 0.3 is 0 Å². The molecule has 2 aliphatic rings. The van der Waals surface area contributed by atoms with Crippen LogP contribution in [0.5, 0.6) is 0 Å². The lowest BCUT2D eigenvalue weighted by Crippen LogP contribution is -2.40. The van der Waals surface area contributed by atoms with Gasteiger partial charge in [-0.25, -0.2) is 8.42 Å². The maximum absolute atomic E-state index is 12.2. The monoisotopic (exact) mass is 313 g/mol. The summed E-state index contributed by atoms with van der Waals surface area (Å²) in [5, 5.41) is 4.29. The predicted octanol–water partition coefficient (Wildman–Crippen LogP) is 1.10. The molecule has 0 spiro atoms. The topological polar surface area (TPSA) is 64.4 Å². The molecule has 1 atom stereocenters. The number of hydrogen-bond acceptors (Lipinski definition) is 4. The predicted molar refractivity (Wildman–Crippen MR) is 79.4 cm³/mol. The van der Waals surface area contributed by atoms with Crippen LogP contribution in [-0.2, 0) is 28.4 Å². The Balaban J connectivity index is 1.77. The Morgan fingerprint density at radius 1 is 1.38 bits per heavy atom. The third-order valence-corrected chi connectivity index (χ3v) is 6.14. The summed E-state index contributed by atoms with van der Waals surface area (Å²) in [6.45, 7) is 3.97. The van der Waals surface area contributed by atoms with Gasteiger partial charge in [0.1, 0.15) is 0 Å². The number of hydrogen-bond donors (Lipinski definition) is 0. The van der Waals surface area contributed by atoms with E-state index in [0.29, 0.717) is 19.7 Å². The number of fused-ring (bicyclic) bond motifs is 1. The zero-order valence-electron chi connectivity index (χ0n) is 12.7. The molecule has 118 valence electrons. The van der Waals surface area contributed by atoms with Crippen molar-refractivity contribution in [3.63, 3.8) is 0 Å². The van der Waals surface area contributed by atoms with Gasteiger partial charge in [0.25, 0.3) is 0 Å². The Hall–Kier alpha value is -0.920. The molecule has 7 heteroatoms. The van der Waals surface area contributed by atoms with Crippen molar-refractivity contribution >= 4 is 10.0 Å². The molecule has 1 aromatic heterocycles. The Kier molecular flexibility index (Phi) is 4.07. The van der Waals surface area contributed by atoms with Crippen LogP contribution in [0.25, 0.3) is 0 Å². The van der Waals surface area contributed by atoms with Gasteiger partial charge in [-0.05, 0) is 25.7 Å². The van der Waals surface area contributed by atoms with Crippen LogP contribution in [0.15, 0.2) is 6.20 Å². The quantitative estimate of drug-likeness (QED) is 0.789. The number of sulfonamides is 1. The normalized spacial score (nSPS) is 23.2. The summed E-state index contributed by atoms with van der Waals surface area (Å²) < 4.78 is 33.6. The van der Waals surface area contributed by atoms with Crippen molar-refractivity contribution in [3.05, 3.63) is 17.5 Å². The lowest BCUT2D eigenvalue weighted by Gasteiger charge is -2.32. The molecular weight excluding hydrogens is 290 g/mol. The molecule has 0 unspecified atom stereocenters. The van der Waals surface area contributed by atoms with E-state index < -0.39 is 10.0 Å². The minimum Gasteiger partial charge on any atom is -0.380 e. The molecule has 3 rings (SSSR count). The molecular formula is C14H23N3O3S. The molecule has 0 aromatic carbocycles. The maximum Gasteiger partial charge on any atom is 0.214 e. The van der Waals surface area contributed by atoms with Crippen molar-refractivity contribution in [2.45, 2.75) is 32.2 Å². The molecule has 6 nitrogen and oxygen atoms in total. The Labute approximate surface area is 126 Å². The van der Waals surface area contributed by atoms with Crippen LogP contribution in [0, 0.1) is 5.92 Å². The summed E-state index contributed by atoms with van der Waals surface area (Å²) in [5.41, 5.74) is 2.12. The molecule has 1 aliphatic heterocycles. The highest BCUT2D eigenvalue weighted by atomic mass is 32.2. The second kappa shape index (κ2) is 5.70. The summed E-state index contributed by atoms with van der Waals surface area (Å²) >= 11 is 0. The molecule has 21 heavy (non-hydrogen) atoms. The van der Waals surface area contributed by atoms with E-state index in [-0.39, 0.29) is 11.7 Å². The lowest BCUT2D eigenvalue weighted by atomic mass is 9.99. The van der Waals surface area contributed by atoms with Crippen molar-refractivity contribution in [2.75, 3.05) is 25.5 Å². The lowest BCUT2D eigenvalue weighted by molar-refractivity contribution is 0.0998. The molecule has 1 aliphatic carbocycles. The largest absolute Gasteiger partial charge is 0.380 e. The van der Waals surface area contributed by atoms with E-state index in [9.17, 15) is 8.42 Å². The molecule has 1 saturated carbocycles. The summed E-state index contributed by atoms with van der Waals surface area (Å²) in [6.07, 6.45) is 4.30. The fraction of sp³-hybridized carbons (Fsp3) is 0.786. The highest BCUT2D eigenvalue weighted by molar-refractivity contribution is 7.89. The molecule has 1 aromatic rings. The van der Waals surface area contributed by atoms with E-state index in [1.54, 1.807) is 17.4 Å². The van der Waals surface area contributed by atoms with Gasteiger partial charge in [-0.15, -0.1) is 0 Å². The smallest absolute Gasteiger partial charge is 0.214 e. The van der Waals surface area contributed by atoms with E-state index in [0.717, 1.165) is 23.8 Å². The zero-order valence-corrected chi connectivity index (χ0v) is 13.5. The summed E-state index contributed by atoms with van der Waals surface area (Å²) in [4.78, 5) is 0. The van der Waals surface area contributed by atoms with Crippen LogP contribution in [0.2, 0.25) is 0 Å². The van der Waals surface area contributed by atoms with Crippen LogP contribution in [0.3, 0.4) is 0 Å². The van der Waals surface area contributed by atoms with Gasteiger partial charge in [-0.3, -0.25) is 4.68 Å². The van der Waals surface area contributed by atoms with E-state index in [1.165, 1.54) is 12.8 Å². The van der Waals surface area contributed by atoms with Crippen LogP contribution < -0.4 is 0 Å². The number of aromatic nitrogens is 2. The first kappa shape index (κ1) is 15.0. The second-order valence-corrected chi connectivity index (χ2v) is 8.31. The maximum atomic E-state index is 12.2. The standard InChI is InChI=1S/C14H23N3O3S/c1-3-21(18,19)17-7-12-6-15-16(2)14(12)13(8-17)10-20-9-11-4-5-11/h6,11,13H,3-5,7-10H2,1-2H3/t13-/m0/s1. The molecule has 1 fully saturated rings. The van der Waals surface area contributed by atoms with Crippen LogP contribution in [-0.4, -0.2) is 48.0 Å². The average Bonchev–Trinajstić information content (AvgIpc) is 3.21. The van der Waals surface area contributed by atoms with Crippen molar-refractivity contribution < 1.29 is 13.2 Å². The Morgan fingerprint density at radius 3 is 2.81 bits per heavy atom. The summed E-state index contributed by atoms with van der Waals surface area (Å²) in [6, 6.07) is 0. The van der Waals surface area contributed by atoms with E-state index >= 15 is 0 Å². The van der Waals surface area contributed by atoms with E-state index in [2.05, 4.69) is 5.10 Å². The first-order valence-electron chi connectivity index (χ1n) is 7.57. The van der Waals surface area contributed by atoms with E-state index in [1.807, 2.05) is 11.7 Å². The summed E-state index contributed by atoms with van der Waals surface area (Å²) in [5.74, 6) is 0.925. The van der Waals surface area contributed by atoms with Crippen molar-refractivity contribution in [1.82, 2.24) is 14.1 Å². The minimum absolute atomic E-state index is 0.0707. The highest BCUT2D eigenvalue weighted by Crippen LogP contribution is 2.32. The summed E-state index contributed by atoms with van der Waals surface area (Å²) in [7, 11) is -1.26. The average molecular weight is 313 g/mol. The van der Waals surface area contributed by atoms with Crippen LogP contribution in [0.1, 0.15) is 36.9 Å². The molecule has 0 radical (unpaired) electrons. The van der Waals surface area contributed by atoms with Gasteiger partial charge in [0.2, 0.25) is 10.0 Å². The van der Waals surface area contributed by atoms with Crippen molar-refractivity contribution in [2.24, 2.45) is 13.0 Å². The van der Waals surface area contributed by atoms with Crippen LogP contribution in [0.4, 0.5) is 0 Å². The van der Waals surface area contributed by atoms with Crippen molar-refractivity contribution in [1.29, 1.82) is 0 Å². The number of ether oxygens (including phenoxy) is 1. The van der Waals surface area contributed by atoms with Gasteiger partial charge in [0.15, 0.2) is 0 Å². The zero-order chi connectivity index (χ0) is 15.0. The van der Waals surface area contributed by atoms with Crippen LogP contribution >= 0.6 is 0 Å². The van der Waals surface area contributed by atoms with E-state index in [4.69, 9.17) is 4.74 Å².